The highest BCUT2D eigenvalue weighted by Crippen LogP contribution is 2.18. The van der Waals surface area contributed by atoms with E-state index in [-0.39, 0.29) is 6.42 Å². The Kier molecular flexibility index (Phi) is 4.67. The first-order valence-corrected chi connectivity index (χ1v) is 6.35. The van der Waals surface area contributed by atoms with Crippen molar-refractivity contribution in [3.05, 3.63) is 59.7 Å². The molecule has 114 valence electrons. The molecule has 0 saturated carbocycles. The fourth-order valence-corrected chi connectivity index (χ4v) is 1.80. The zero-order chi connectivity index (χ0) is 16.1. The molecular formula is C15H13F2N3O2. The van der Waals surface area contributed by atoms with Crippen LogP contribution in [0.25, 0.3) is 0 Å². The summed E-state index contributed by atoms with van der Waals surface area (Å²) in [5.74, 6) is -2.20. The standard InChI is InChI=1S/C15H13F2N3O2/c16-11-2-1-3-12(17)14(11)20-15(22)19-10-6-4-9(5-7-10)8-13(18)21/h1-7H,8H2,(H2,18,21)(H2,19,20,22). The summed E-state index contributed by atoms with van der Waals surface area (Å²) in [6, 6.07) is 8.82. The van der Waals surface area contributed by atoms with Gasteiger partial charge < -0.3 is 16.4 Å². The molecule has 0 spiro atoms. The van der Waals surface area contributed by atoms with E-state index < -0.39 is 29.3 Å². The Labute approximate surface area is 125 Å². The molecule has 0 fully saturated rings. The minimum absolute atomic E-state index is 0.0902. The van der Waals surface area contributed by atoms with E-state index in [0.29, 0.717) is 11.3 Å². The van der Waals surface area contributed by atoms with Crippen LogP contribution in [0.2, 0.25) is 0 Å². The quantitative estimate of drug-likeness (QED) is 0.811. The third kappa shape index (κ3) is 4.02. The van der Waals surface area contributed by atoms with Gasteiger partial charge in [0.1, 0.15) is 17.3 Å². The lowest BCUT2D eigenvalue weighted by Gasteiger charge is -2.09. The fourth-order valence-electron chi connectivity index (χ4n) is 1.80. The molecule has 0 aliphatic carbocycles. The lowest BCUT2D eigenvalue weighted by molar-refractivity contribution is -0.117. The van der Waals surface area contributed by atoms with E-state index in [1.54, 1.807) is 24.3 Å². The number of primary amides is 1. The van der Waals surface area contributed by atoms with Gasteiger partial charge in [-0.25, -0.2) is 13.6 Å². The summed E-state index contributed by atoms with van der Waals surface area (Å²) in [4.78, 5) is 22.5. The van der Waals surface area contributed by atoms with Crippen LogP contribution in [0.3, 0.4) is 0 Å². The number of amides is 3. The van der Waals surface area contributed by atoms with Crippen molar-refractivity contribution in [2.45, 2.75) is 6.42 Å². The minimum Gasteiger partial charge on any atom is -0.369 e. The van der Waals surface area contributed by atoms with Crippen LogP contribution in [-0.4, -0.2) is 11.9 Å². The van der Waals surface area contributed by atoms with Gasteiger partial charge in [-0.2, -0.15) is 0 Å². The SMILES string of the molecule is NC(=O)Cc1ccc(NC(=O)Nc2c(F)cccc2F)cc1. The topological polar surface area (TPSA) is 84.2 Å². The van der Waals surface area contributed by atoms with Gasteiger partial charge in [0.2, 0.25) is 5.91 Å². The molecule has 0 radical (unpaired) electrons. The predicted octanol–water partition coefficient (Wildman–Crippen LogP) is 2.64. The molecule has 0 bridgehead atoms. The largest absolute Gasteiger partial charge is 0.369 e. The molecule has 0 aliphatic rings. The number of anilines is 2. The first-order valence-electron chi connectivity index (χ1n) is 6.35. The molecule has 0 atom stereocenters. The molecule has 0 aromatic heterocycles. The van der Waals surface area contributed by atoms with Gasteiger partial charge in [-0.05, 0) is 29.8 Å². The molecule has 0 aliphatic heterocycles. The molecule has 0 heterocycles. The third-order valence-electron chi connectivity index (χ3n) is 2.79. The summed E-state index contributed by atoms with van der Waals surface area (Å²) >= 11 is 0. The van der Waals surface area contributed by atoms with Gasteiger partial charge in [-0.3, -0.25) is 4.79 Å². The molecule has 7 heteroatoms. The second-order valence-electron chi connectivity index (χ2n) is 4.52. The highest BCUT2D eigenvalue weighted by Gasteiger charge is 2.11. The number of nitrogens with two attached hydrogens (primary N) is 1. The van der Waals surface area contributed by atoms with Crippen molar-refractivity contribution in [3.63, 3.8) is 0 Å². The number of rotatable bonds is 4. The van der Waals surface area contributed by atoms with Crippen LogP contribution in [0.15, 0.2) is 42.5 Å². The van der Waals surface area contributed by atoms with E-state index in [4.69, 9.17) is 5.73 Å². The Balaban J connectivity index is 2.01. The number of para-hydroxylation sites is 1. The molecule has 3 amide bonds. The van der Waals surface area contributed by atoms with Crippen LogP contribution < -0.4 is 16.4 Å². The van der Waals surface area contributed by atoms with E-state index in [1.165, 1.54) is 6.07 Å². The molecule has 0 unspecified atom stereocenters. The molecule has 4 N–H and O–H groups in total. The number of halogens is 2. The van der Waals surface area contributed by atoms with E-state index in [9.17, 15) is 18.4 Å². The second-order valence-corrected chi connectivity index (χ2v) is 4.52. The number of urea groups is 1. The van der Waals surface area contributed by atoms with E-state index in [1.807, 2.05) is 0 Å². The Bertz CT molecular complexity index is 682. The summed E-state index contributed by atoms with van der Waals surface area (Å²) in [5.41, 5.74) is 5.64. The second kappa shape index (κ2) is 6.66. The predicted molar refractivity (Wildman–Crippen MR) is 78.3 cm³/mol. The van der Waals surface area contributed by atoms with Gasteiger partial charge in [-0.1, -0.05) is 18.2 Å². The van der Waals surface area contributed by atoms with Crippen molar-refractivity contribution in [1.82, 2.24) is 0 Å². The van der Waals surface area contributed by atoms with Crippen LogP contribution in [-0.2, 0) is 11.2 Å². The van der Waals surface area contributed by atoms with Crippen molar-refractivity contribution >= 4 is 23.3 Å². The van der Waals surface area contributed by atoms with Crippen molar-refractivity contribution in [1.29, 1.82) is 0 Å². The maximum absolute atomic E-state index is 13.4. The lowest BCUT2D eigenvalue weighted by Crippen LogP contribution is -2.21. The highest BCUT2D eigenvalue weighted by atomic mass is 19.1. The smallest absolute Gasteiger partial charge is 0.323 e. The zero-order valence-corrected chi connectivity index (χ0v) is 11.4. The lowest BCUT2D eigenvalue weighted by atomic mass is 10.1. The monoisotopic (exact) mass is 305 g/mol. The maximum Gasteiger partial charge on any atom is 0.323 e. The van der Waals surface area contributed by atoms with Crippen molar-refractivity contribution in [3.8, 4) is 0 Å². The number of hydrogen-bond acceptors (Lipinski definition) is 2. The van der Waals surface area contributed by atoms with Gasteiger partial charge in [0, 0.05) is 5.69 Å². The molecule has 2 rings (SSSR count). The number of benzene rings is 2. The van der Waals surface area contributed by atoms with E-state index >= 15 is 0 Å². The molecule has 5 nitrogen and oxygen atoms in total. The van der Waals surface area contributed by atoms with Crippen LogP contribution in [0.5, 0.6) is 0 Å². The summed E-state index contributed by atoms with van der Waals surface area (Å²) in [6.45, 7) is 0. The number of carbonyl (C=O) groups excluding carboxylic acids is 2. The van der Waals surface area contributed by atoms with Crippen LogP contribution in [0.4, 0.5) is 25.0 Å². The molecule has 0 saturated heterocycles. The molecule has 22 heavy (non-hydrogen) atoms. The summed E-state index contributed by atoms with van der Waals surface area (Å²) in [5, 5.41) is 4.53. The average molecular weight is 305 g/mol. The Morgan fingerprint density at radius 2 is 1.55 bits per heavy atom. The first kappa shape index (κ1) is 15.4. The number of carbonyl (C=O) groups is 2. The normalized spacial score (nSPS) is 10.1. The Morgan fingerprint density at radius 3 is 2.09 bits per heavy atom. The fraction of sp³-hybridized carbons (Fsp3) is 0.0667. The zero-order valence-electron chi connectivity index (χ0n) is 11.4. The van der Waals surface area contributed by atoms with Crippen LogP contribution in [0.1, 0.15) is 5.56 Å². The summed E-state index contributed by atoms with van der Waals surface area (Å²) < 4.78 is 26.8. The van der Waals surface area contributed by atoms with Crippen LogP contribution >= 0.6 is 0 Å². The minimum atomic E-state index is -0.869. The van der Waals surface area contributed by atoms with Crippen molar-refractivity contribution < 1.29 is 18.4 Å². The summed E-state index contributed by atoms with van der Waals surface area (Å²) in [7, 11) is 0. The van der Waals surface area contributed by atoms with E-state index in [0.717, 1.165) is 12.1 Å². The van der Waals surface area contributed by atoms with Gasteiger partial charge >= 0.3 is 6.03 Å². The first-order chi connectivity index (χ1) is 10.5. The third-order valence-corrected chi connectivity index (χ3v) is 2.79. The molecule has 2 aromatic carbocycles. The van der Waals surface area contributed by atoms with Crippen molar-refractivity contribution in [2.24, 2.45) is 5.73 Å². The average Bonchev–Trinajstić information content (AvgIpc) is 2.45. The maximum atomic E-state index is 13.4. The highest BCUT2D eigenvalue weighted by molar-refractivity contribution is 5.99. The Hall–Kier alpha value is -2.96. The Morgan fingerprint density at radius 1 is 0.955 bits per heavy atom. The van der Waals surface area contributed by atoms with Gasteiger partial charge in [0.15, 0.2) is 0 Å². The van der Waals surface area contributed by atoms with E-state index in [2.05, 4.69) is 10.6 Å². The number of nitrogens with one attached hydrogen (secondary N) is 2. The molecule has 2 aromatic rings. The van der Waals surface area contributed by atoms with Crippen molar-refractivity contribution in [2.75, 3.05) is 10.6 Å². The molecular weight excluding hydrogens is 292 g/mol. The number of hydrogen-bond donors (Lipinski definition) is 3. The van der Waals surface area contributed by atoms with Gasteiger partial charge in [0.25, 0.3) is 0 Å². The van der Waals surface area contributed by atoms with Gasteiger partial charge in [-0.15, -0.1) is 0 Å². The van der Waals surface area contributed by atoms with Crippen LogP contribution in [0, 0.1) is 11.6 Å². The summed E-state index contributed by atoms with van der Waals surface area (Å²) in [6.07, 6.45) is 0.0902. The van der Waals surface area contributed by atoms with Gasteiger partial charge in [0.05, 0.1) is 6.42 Å².